The number of halogens is 2. The van der Waals surface area contributed by atoms with Crippen molar-refractivity contribution in [1.82, 2.24) is 0 Å². The zero-order chi connectivity index (χ0) is 13.3. The molecule has 1 heterocycles. The van der Waals surface area contributed by atoms with Gasteiger partial charge in [0.15, 0.2) is 0 Å². The summed E-state index contributed by atoms with van der Waals surface area (Å²) in [5.74, 6) is 0.730. The fraction of sp³-hybridized carbons (Fsp3) is 0.733. The molecule has 0 aromatic carbocycles. The van der Waals surface area contributed by atoms with E-state index in [1.165, 1.54) is 46.3 Å². The zero-order valence-electron chi connectivity index (χ0n) is 11.4. The molecule has 3 heteroatoms. The number of thiophene rings is 1. The van der Waals surface area contributed by atoms with Crippen LogP contribution < -0.4 is 0 Å². The summed E-state index contributed by atoms with van der Waals surface area (Å²) < 4.78 is 1.21. The maximum atomic E-state index is 6.89. The highest BCUT2D eigenvalue weighted by Gasteiger charge is 2.42. The second kappa shape index (κ2) is 5.85. The van der Waals surface area contributed by atoms with E-state index in [0.29, 0.717) is 5.41 Å². The van der Waals surface area contributed by atoms with Gasteiger partial charge in [-0.25, -0.2) is 0 Å². The van der Waals surface area contributed by atoms with Crippen molar-refractivity contribution in [2.75, 3.05) is 0 Å². The maximum absolute atomic E-state index is 6.89. The Hall–Kier alpha value is 0.470. The second-order valence-electron chi connectivity index (χ2n) is 6.08. The maximum Gasteiger partial charge on any atom is 0.0735 e. The van der Waals surface area contributed by atoms with Crippen LogP contribution in [-0.4, -0.2) is 0 Å². The molecule has 0 bridgehead atoms. The van der Waals surface area contributed by atoms with Gasteiger partial charge in [-0.1, -0.05) is 26.7 Å². The Balaban J connectivity index is 2.25. The Bertz CT molecular complexity index is 385. The molecular formula is C15H22BrClS. The summed E-state index contributed by atoms with van der Waals surface area (Å²) in [6.07, 6.45) is 6.56. The molecule has 18 heavy (non-hydrogen) atoms. The van der Waals surface area contributed by atoms with E-state index in [9.17, 15) is 0 Å². The lowest BCUT2D eigenvalue weighted by atomic mass is 9.75. The van der Waals surface area contributed by atoms with E-state index in [1.807, 2.05) is 11.3 Å². The third kappa shape index (κ3) is 2.96. The Morgan fingerprint density at radius 1 is 1.39 bits per heavy atom. The monoisotopic (exact) mass is 348 g/mol. The molecular weight excluding hydrogens is 328 g/mol. The standard InChI is InChI=1S/C15H22BrClS/c1-10(2)9-15(6-4-5-7-15)14(17)13-8-12(16)11(3)18-13/h8,10,14H,4-7,9H2,1-3H3. The van der Waals surface area contributed by atoms with Gasteiger partial charge in [-0.3, -0.25) is 0 Å². The Kier molecular flexibility index (Phi) is 4.83. The molecule has 0 aliphatic heterocycles. The third-order valence-corrected chi connectivity index (χ3v) is 7.11. The van der Waals surface area contributed by atoms with Crippen LogP contribution in [0.15, 0.2) is 10.5 Å². The van der Waals surface area contributed by atoms with Crippen LogP contribution in [0.25, 0.3) is 0 Å². The fourth-order valence-corrected chi connectivity index (χ4v) is 5.55. The van der Waals surface area contributed by atoms with Gasteiger partial charge in [0.1, 0.15) is 0 Å². The third-order valence-electron chi connectivity index (χ3n) is 4.08. The highest BCUT2D eigenvalue weighted by atomic mass is 79.9. The number of aryl methyl sites for hydroxylation is 1. The molecule has 1 fully saturated rings. The van der Waals surface area contributed by atoms with Gasteiger partial charge in [-0.05, 0) is 59.5 Å². The molecule has 1 unspecified atom stereocenters. The summed E-state index contributed by atoms with van der Waals surface area (Å²) >= 11 is 12.4. The van der Waals surface area contributed by atoms with Gasteiger partial charge in [0, 0.05) is 14.2 Å². The van der Waals surface area contributed by atoms with Crippen LogP contribution in [0, 0.1) is 18.3 Å². The summed E-state index contributed by atoms with van der Waals surface area (Å²) in [5.41, 5.74) is 0.340. The first-order valence-electron chi connectivity index (χ1n) is 6.84. The fourth-order valence-electron chi connectivity index (χ4n) is 3.36. The van der Waals surface area contributed by atoms with Gasteiger partial charge in [0.25, 0.3) is 0 Å². The van der Waals surface area contributed by atoms with E-state index < -0.39 is 0 Å². The number of hydrogen-bond acceptors (Lipinski definition) is 1. The summed E-state index contributed by atoms with van der Waals surface area (Å²) in [6, 6.07) is 2.23. The van der Waals surface area contributed by atoms with Gasteiger partial charge < -0.3 is 0 Å². The molecule has 102 valence electrons. The molecule has 0 spiro atoms. The van der Waals surface area contributed by atoms with Crippen LogP contribution in [0.4, 0.5) is 0 Å². The Morgan fingerprint density at radius 3 is 2.44 bits per heavy atom. The van der Waals surface area contributed by atoms with E-state index in [0.717, 1.165) is 5.92 Å². The van der Waals surface area contributed by atoms with E-state index in [-0.39, 0.29) is 5.38 Å². The first-order chi connectivity index (χ1) is 8.44. The van der Waals surface area contributed by atoms with Crippen molar-refractivity contribution in [2.45, 2.75) is 58.3 Å². The van der Waals surface area contributed by atoms with Crippen molar-refractivity contribution in [3.05, 3.63) is 20.3 Å². The van der Waals surface area contributed by atoms with Gasteiger partial charge in [0.2, 0.25) is 0 Å². The summed E-state index contributed by atoms with van der Waals surface area (Å²) in [6.45, 7) is 6.80. The Labute approximate surface area is 128 Å². The molecule has 0 N–H and O–H groups in total. The smallest absolute Gasteiger partial charge is 0.0735 e. The minimum Gasteiger partial charge on any atom is -0.143 e. The molecule has 0 amide bonds. The van der Waals surface area contributed by atoms with Gasteiger partial charge in [-0.15, -0.1) is 22.9 Å². The molecule has 1 aromatic rings. The lowest BCUT2D eigenvalue weighted by Crippen LogP contribution is -2.24. The van der Waals surface area contributed by atoms with E-state index in [4.69, 9.17) is 11.6 Å². The van der Waals surface area contributed by atoms with Crippen molar-refractivity contribution < 1.29 is 0 Å². The lowest BCUT2D eigenvalue weighted by molar-refractivity contribution is 0.225. The highest BCUT2D eigenvalue weighted by Crippen LogP contribution is 2.56. The Morgan fingerprint density at radius 2 is 2.00 bits per heavy atom. The van der Waals surface area contributed by atoms with Crippen molar-refractivity contribution in [3.8, 4) is 0 Å². The largest absolute Gasteiger partial charge is 0.143 e. The minimum absolute atomic E-state index is 0.192. The number of rotatable bonds is 4. The normalized spacial score (nSPS) is 20.6. The van der Waals surface area contributed by atoms with E-state index >= 15 is 0 Å². The van der Waals surface area contributed by atoms with Crippen molar-refractivity contribution in [2.24, 2.45) is 11.3 Å². The number of alkyl halides is 1. The van der Waals surface area contributed by atoms with Crippen LogP contribution in [0.5, 0.6) is 0 Å². The molecule has 1 atom stereocenters. The van der Waals surface area contributed by atoms with Gasteiger partial charge in [-0.2, -0.15) is 0 Å². The van der Waals surface area contributed by atoms with Crippen LogP contribution in [0.2, 0.25) is 0 Å². The quantitative estimate of drug-likeness (QED) is 0.530. The van der Waals surface area contributed by atoms with Crippen LogP contribution in [0.3, 0.4) is 0 Å². The highest BCUT2D eigenvalue weighted by molar-refractivity contribution is 9.10. The van der Waals surface area contributed by atoms with Crippen LogP contribution in [0.1, 0.15) is 61.1 Å². The molecule has 0 nitrogen and oxygen atoms in total. The molecule has 0 radical (unpaired) electrons. The minimum atomic E-state index is 0.192. The molecule has 1 aromatic heterocycles. The van der Waals surface area contributed by atoms with Crippen LogP contribution in [-0.2, 0) is 0 Å². The topological polar surface area (TPSA) is 0 Å². The first kappa shape index (κ1) is 14.9. The molecule has 0 saturated heterocycles. The second-order valence-corrected chi connectivity index (χ2v) is 8.66. The first-order valence-corrected chi connectivity index (χ1v) is 8.89. The van der Waals surface area contributed by atoms with Gasteiger partial charge >= 0.3 is 0 Å². The average Bonchev–Trinajstić information content (AvgIpc) is 2.86. The molecule has 1 aliphatic rings. The molecule has 2 rings (SSSR count). The SMILES string of the molecule is Cc1sc(C(Cl)C2(CC(C)C)CCCC2)cc1Br. The zero-order valence-corrected chi connectivity index (χ0v) is 14.6. The van der Waals surface area contributed by atoms with Crippen molar-refractivity contribution in [3.63, 3.8) is 0 Å². The number of hydrogen-bond donors (Lipinski definition) is 0. The molecule has 1 aliphatic carbocycles. The van der Waals surface area contributed by atoms with E-state index in [1.54, 1.807) is 0 Å². The summed E-state index contributed by atoms with van der Waals surface area (Å²) in [4.78, 5) is 2.69. The summed E-state index contributed by atoms with van der Waals surface area (Å²) in [7, 11) is 0. The summed E-state index contributed by atoms with van der Waals surface area (Å²) in [5, 5.41) is 0.192. The molecule has 1 saturated carbocycles. The predicted molar refractivity (Wildman–Crippen MR) is 85.7 cm³/mol. The van der Waals surface area contributed by atoms with E-state index in [2.05, 4.69) is 42.8 Å². The van der Waals surface area contributed by atoms with Gasteiger partial charge in [0.05, 0.1) is 5.38 Å². The lowest BCUT2D eigenvalue weighted by Gasteiger charge is -2.35. The van der Waals surface area contributed by atoms with Crippen LogP contribution >= 0.6 is 38.9 Å². The average molecular weight is 350 g/mol. The van der Waals surface area contributed by atoms with Crippen molar-refractivity contribution >= 4 is 38.9 Å². The van der Waals surface area contributed by atoms with Crippen molar-refractivity contribution in [1.29, 1.82) is 0 Å². The predicted octanol–water partition coefficient (Wildman–Crippen LogP) is 6.71.